The molecule has 2 atom stereocenters. The third-order valence-electron chi connectivity index (χ3n) is 3.98. The summed E-state index contributed by atoms with van der Waals surface area (Å²) < 4.78 is 5.64. The Hall–Kier alpha value is -0.650. The van der Waals surface area contributed by atoms with E-state index in [2.05, 4.69) is 10.2 Å². The Bertz CT molecular complexity index is 291. The highest BCUT2D eigenvalue weighted by atomic mass is 16.5. The van der Waals surface area contributed by atoms with Gasteiger partial charge in [0.25, 0.3) is 0 Å². The van der Waals surface area contributed by atoms with Gasteiger partial charge in [-0.1, -0.05) is 0 Å². The van der Waals surface area contributed by atoms with Crippen molar-refractivity contribution in [1.29, 1.82) is 0 Å². The normalized spacial score (nSPS) is 35.1. The zero-order valence-corrected chi connectivity index (χ0v) is 10.2. The van der Waals surface area contributed by atoms with E-state index in [0.717, 1.165) is 45.8 Å². The molecule has 17 heavy (non-hydrogen) atoms. The second-order valence-electron chi connectivity index (χ2n) is 5.27. The van der Waals surface area contributed by atoms with Crippen LogP contribution in [0.2, 0.25) is 0 Å². The fraction of sp³-hybridized carbons (Fsp3) is 0.917. The van der Waals surface area contributed by atoms with Crippen molar-refractivity contribution in [2.24, 2.45) is 0 Å². The minimum Gasteiger partial charge on any atom is -0.377 e. The molecule has 1 N–H and O–H groups in total. The van der Waals surface area contributed by atoms with Crippen LogP contribution >= 0.6 is 0 Å². The van der Waals surface area contributed by atoms with Crippen LogP contribution in [-0.2, 0) is 9.53 Å². The number of ether oxygens (including phenoxy) is 1. The van der Waals surface area contributed by atoms with Crippen molar-refractivity contribution in [2.45, 2.75) is 25.0 Å². The zero-order valence-electron chi connectivity index (χ0n) is 10.2. The quantitative estimate of drug-likeness (QED) is 0.691. The van der Waals surface area contributed by atoms with E-state index in [4.69, 9.17) is 4.74 Å². The molecule has 3 fully saturated rings. The van der Waals surface area contributed by atoms with Crippen molar-refractivity contribution < 1.29 is 9.53 Å². The lowest BCUT2D eigenvalue weighted by molar-refractivity contribution is -0.141. The monoisotopic (exact) mass is 239 g/mol. The van der Waals surface area contributed by atoms with E-state index in [1.54, 1.807) is 0 Å². The van der Waals surface area contributed by atoms with Gasteiger partial charge in [0, 0.05) is 39.3 Å². The molecular formula is C12H21N3O2. The van der Waals surface area contributed by atoms with Crippen LogP contribution in [0.4, 0.5) is 0 Å². The number of amides is 1. The maximum Gasteiger partial charge on any atom is 0.237 e. The molecule has 5 heteroatoms. The van der Waals surface area contributed by atoms with Gasteiger partial charge in [-0.2, -0.15) is 0 Å². The largest absolute Gasteiger partial charge is 0.377 e. The van der Waals surface area contributed by atoms with Crippen LogP contribution in [0.25, 0.3) is 0 Å². The summed E-state index contributed by atoms with van der Waals surface area (Å²) in [5, 5.41) is 3.37. The maximum atomic E-state index is 12.0. The summed E-state index contributed by atoms with van der Waals surface area (Å²) in [7, 11) is 0. The Morgan fingerprint density at radius 3 is 3.24 bits per heavy atom. The minimum atomic E-state index is 0.292. The highest BCUT2D eigenvalue weighted by molar-refractivity contribution is 5.79. The minimum absolute atomic E-state index is 0.292. The van der Waals surface area contributed by atoms with Crippen LogP contribution in [0, 0.1) is 0 Å². The van der Waals surface area contributed by atoms with Gasteiger partial charge in [-0.25, -0.2) is 0 Å². The highest BCUT2D eigenvalue weighted by Gasteiger charge is 2.34. The molecule has 3 rings (SSSR count). The third-order valence-corrected chi connectivity index (χ3v) is 3.98. The molecule has 0 saturated carbocycles. The second-order valence-corrected chi connectivity index (χ2v) is 5.27. The molecule has 96 valence electrons. The first-order valence-corrected chi connectivity index (χ1v) is 6.67. The number of hydrogen-bond acceptors (Lipinski definition) is 4. The fourth-order valence-electron chi connectivity index (χ4n) is 3.11. The van der Waals surface area contributed by atoms with Gasteiger partial charge in [0.15, 0.2) is 0 Å². The molecular weight excluding hydrogens is 218 g/mol. The van der Waals surface area contributed by atoms with Crippen LogP contribution in [0.15, 0.2) is 0 Å². The van der Waals surface area contributed by atoms with Crippen LogP contribution in [0.5, 0.6) is 0 Å². The molecule has 0 aromatic heterocycles. The average molecular weight is 239 g/mol. The number of fused-ring (bicyclic) bond motifs is 1. The highest BCUT2D eigenvalue weighted by Crippen LogP contribution is 2.17. The van der Waals surface area contributed by atoms with Crippen LogP contribution < -0.4 is 5.32 Å². The number of carbonyl (C=O) groups is 1. The van der Waals surface area contributed by atoms with Gasteiger partial charge in [-0.15, -0.1) is 0 Å². The lowest BCUT2D eigenvalue weighted by Gasteiger charge is -2.44. The number of nitrogens with one attached hydrogen (secondary N) is 1. The van der Waals surface area contributed by atoms with E-state index in [1.807, 2.05) is 4.90 Å². The van der Waals surface area contributed by atoms with Gasteiger partial charge >= 0.3 is 0 Å². The third kappa shape index (κ3) is 2.46. The van der Waals surface area contributed by atoms with Crippen molar-refractivity contribution in [2.75, 3.05) is 45.9 Å². The average Bonchev–Trinajstić information content (AvgIpc) is 2.82. The van der Waals surface area contributed by atoms with Crippen LogP contribution in [0.1, 0.15) is 12.8 Å². The summed E-state index contributed by atoms with van der Waals surface area (Å²) in [5.41, 5.74) is 0. The number of piperazine rings is 2. The number of nitrogens with zero attached hydrogens (tertiary/aromatic N) is 2. The molecule has 3 heterocycles. The molecule has 5 nitrogen and oxygen atoms in total. The summed E-state index contributed by atoms with van der Waals surface area (Å²) in [5.74, 6) is 0.292. The van der Waals surface area contributed by atoms with E-state index < -0.39 is 0 Å². The zero-order chi connectivity index (χ0) is 11.7. The summed E-state index contributed by atoms with van der Waals surface area (Å²) in [6, 6.07) is 0.367. The molecule has 0 radical (unpaired) electrons. The van der Waals surface area contributed by atoms with Crippen molar-refractivity contribution in [3.05, 3.63) is 0 Å². The molecule has 1 amide bonds. The molecule has 0 spiro atoms. The lowest BCUT2D eigenvalue weighted by Crippen LogP contribution is -2.64. The Balaban J connectivity index is 1.58. The number of rotatable bonds is 2. The van der Waals surface area contributed by atoms with E-state index in [-0.39, 0.29) is 0 Å². The standard InChI is InChI=1S/C12H21N3O2/c16-12-9-14(8-11-2-1-5-17-11)7-10-6-13-3-4-15(10)12/h10-11,13H,1-9H2. The Labute approximate surface area is 102 Å². The van der Waals surface area contributed by atoms with E-state index in [1.165, 1.54) is 6.42 Å². The first-order valence-electron chi connectivity index (χ1n) is 6.67. The van der Waals surface area contributed by atoms with Crippen molar-refractivity contribution >= 4 is 5.91 Å². The first-order chi connectivity index (χ1) is 8.33. The predicted molar refractivity (Wildman–Crippen MR) is 63.8 cm³/mol. The molecule has 0 aromatic carbocycles. The van der Waals surface area contributed by atoms with Gasteiger partial charge in [-0.05, 0) is 12.8 Å². The molecule has 2 unspecified atom stereocenters. The van der Waals surface area contributed by atoms with Crippen molar-refractivity contribution in [3.63, 3.8) is 0 Å². The summed E-state index contributed by atoms with van der Waals surface area (Å²) >= 11 is 0. The number of hydrogen-bond donors (Lipinski definition) is 1. The maximum absolute atomic E-state index is 12.0. The molecule has 0 bridgehead atoms. The lowest BCUT2D eigenvalue weighted by atomic mass is 10.1. The summed E-state index contributed by atoms with van der Waals surface area (Å²) in [6.07, 6.45) is 2.67. The van der Waals surface area contributed by atoms with E-state index in [9.17, 15) is 4.79 Å². The Kier molecular flexibility index (Phi) is 3.31. The molecule has 0 aromatic rings. The molecule has 3 saturated heterocycles. The first kappa shape index (κ1) is 11.4. The number of carbonyl (C=O) groups excluding carboxylic acids is 1. The van der Waals surface area contributed by atoms with Crippen LogP contribution in [0.3, 0.4) is 0 Å². The predicted octanol–water partition coefficient (Wildman–Crippen LogP) is -0.719. The Morgan fingerprint density at radius 2 is 2.41 bits per heavy atom. The van der Waals surface area contributed by atoms with Crippen molar-refractivity contribution in [3.8, 4) is 0 Å². The molecule has 3 aliphatic rings. The van der Waals surface area contributed by atoms with E-state index in [0.29, 0.717) is 24.6 Å². The molecule has 3 aliphatic heterocycles. The smallest absolute Gasteiger partial charge is 0.237 e. The van der Waals surface area contributed by atoms with E-state index >= 15 is 0 Å². The fourth-order valence-corrected chi connectivity index (χ4v) is 3.11. The van der Waals surface area contributed by atoms with Gasteiger partial charge in [-0.3, -0.25) is 9.69 Å². The van der Waals surface area contributed by atoms with Crippen LogP contribution in [-0.4, -0.2) is 73.7 Å². The second kappa shape index (κ2) is 4.92. The van der Waals surface area contributed by atoms with Crippen molar-refractivity contribution in [1.82, 2.24) is 15.1 Å². The molecule has 0 aliphatic carbocycles. The Morgan fingerprint density at radius 1 is 1.47 bits per heavy atom. The topological polar surface area (TPSA) is 44.8 Å². The van der Waals surface area contributed by atoms with Gasteiger partial charge < -0.3 is 15.0 Å². The van der Waals surface area contributed by atoms with Gasteiger partial charge in [0.1, 0.15) is 0 Å². The van der Waals surface area contributed by atoms with Gasteiger partial charge in [0.2, 0.25) is 5.91 Å². The SMILES string of the molecule is O=C1CN(CC2CCCO2)CC2CNCCN12. The van der Waals surface area contributed by atoms with Gasteiger partial charge in [0.05, 0.1) is 18.7 Å². The summed E-state index contributed by atoms with van der Waals surface area (Å²) in [6.45, 7) is 6.15. The summed E-state index contributed by atoms with van der Waals surface area (Å²) in [4.78, 5) is 16.3.